The van der Waals surface area contributed by atoms with Crippen LogP contribution in [0.4, 0.5) is 34.1 Å². The van der Waals surface area contributed by atoms with Crippen molar-refractivity contribution in [3.8, 4) is 0 Å². The lowest BCUT2D eigenvalue weighted by molar-refractivity contribution is 1.25. The van der Waals surface area contributed by atoms with Crippen molar-refractivity contribution in [3.63, 3.8) is 0 Å². The van der Waals surface area contributed by atoms with Crippen molar-refractivity contribution >= 4 is 93.1 Å². The topological polar surface area (TPSA) is 6.48 Å². The summed E-state index contributed by atoms with van der Waals surface area (Å²) in [6.07, 6.45) is 0. The molecule has 2 nitrogen and oxygen atoms in total. The molecule has 0 aliphatic heterocycles. The summed E-state index contributed by atoms with van der Waals surface area (Å²) < 4.78 is 0.998. The molecule has 0 aliphatic carbocycles. The van der Waals surface area contributed by atoms with Crippen molar-refractivity contribution in [3.05, 3.63) is 193 Å². The molecular formula is C46H31BrN2. The van der Waals surface area contributed by atoms with Crippen LogP contribution in [0.2, 0.25) is 0 Å². The summed E-state index contributed by atoms with van der Waals surface area (Å²) in [5.41, 5.74) is 6.50. The molecule has 49 heavy (non-hydrogen) atoms. The van der Waals surface area contributed by atoms with Crippen molar-refractivity contribution in [1.29, 1.82) is 0 Å². The Morgan fingerprint density at radius 1 is 0.286 bits per heavy atom. The first kappa shape index (κ1) is 29.3. The first-order valence-corrected chi connectivity index (χ1v) is 17.3. The molecular weight excluding hydrogens is 660 g/mol. The first-order chi connectivity index (χ1) is 24.2. The number of hydrogen-bond donors (Lipinski definition) is 0. The maximum absolute atomic E-state index is 4.20. The Kier molecular flexibility index (Phi) is 7.33. The van der Waals surface area contributed by atoms with Crippen LogP contribution in [0.1, 0.15) is 0 Å². The van der Waals surface area contributed by atoms with Crippen molar-refractivity contribution in [2.24, 2.45) is 0 Å². The maximum atomic E-state index is 4.20. The number of benzene rings is 9. The second kappa shape index (κ2) is 12.3. The Morgan fingerprint density at radius 2 is 0.653 bits per heavy atom. The minimum absolute atomic E-state index is 0.998. The molecule has 0 fully saturated rings. The summed E-state index contributed by atoms with van der Waals surface area (Å²) in [5.74, 6) is 0. The van der Waals surface area contributed by atoms with E-state index in [1.54, 1.807) is 0 Å². The van der Waals surface area contributed by atoms with Crippen LogP contribution in [-0.4, -0.2) is 0 Å². The van der Waals surface area contributed by atoms with E-state index in [4.69, 9.17) is 0 Å². The molecule has 3 heteroatoms. The van der Waals surface area contributed by atoms with Gasteiger partial charge in [-0.2, -0.15) is 0 Å². The Morgan fingerprint density at radius 3 is 1.18 bits per heavy atom. The Balaban J connectivity index is 1.29. The van der Waals surface area contributed by atoms with Gasteiger partial charge in [0.25, 0.3) is 0 Å². The summed E-state index contributed by atoms with van der Waals surface area (Å²) >= 11 is 4.20. The van der Waals surface area contributed by atoms with Gasteiger partial charge in [-0.1, -0.05) is 133 Å². The maximum Gasteiger partial charge on any atom is 0.0656 e. The quantitative estimate of drug-likeness (QED) is 0.171. The van der Waals surface area contributed by atoms with Gasteiger partial charge in [-0.25, -0.2) is 0 Å². The van der Waals surface area contributed by atoms with Crippen LogP contribution in [0.3, 0.4) is 0 Å². The average Bonchev–Trinajstić information content (AvgIpc) is 3.16. The molecule has 0 saturated carbocycles. The monoisotopic (exact) mass is 690 g/mol. The Hall–Kier alpha value is -5.90. The third-order valence-electron chi connectivity index (χ3n) is 9.42. The SMILES string of the molecule is Brc1c(N(c2ccc3ccccc3c2)c2ccc3ccccc3c2)cccc1N(c1ccc2ccccc2c1)c1cccc2ccccc12. The standard InChI is InChI=1S/C46H31BrN2/c47-46-44(48(39-26-23-32-11-1-4-15-36(32)29-39)40-27-24-33-12-2-5-16-37(33)30-40)21-10-22-45(46)49(41-28-25-34-13-3-6-17-38(34)31-41)43-20-9-18-35-14-7-8-19-42(35)43/h1-31H. The summed E-state index contributed by atoms with van der Waals surface area (Å²) in [4.78, 5) is 4.76. The lowest BCUT2D eigenvalue weighted by Gasteiger charge is -2.32. The van der Waals surface area contributed by atoms with Gasteiger partial charge in [0.2, 0.25) is 0 Å². The molecule has 9 rings (SSSR count). The second-order valence-corrected chi connectivity index (χ2v) is 13.2. The van der Waals surface area contributed by atoms with E-state index in [1.807, 2.05) is 0 Å². The van der Waals surface area contributed by atoms with Crippen LogP contribution in [-0.2, 0) is 0 Å². The average molecular weight is 692 g/mol. The second-order valence-electron chi connectivity index (χ2n) is 12.4. The zero-order valence-electron chi connectivity index (χ0n) is 26.7. The molecule has 0 bridgehead atoms. The van der Waals surface area contributed by atoms with Gasteiger partial charge in [-0.15, -0.1) is 0 Å². The smallest absolute Gasteiger partial charge is 0.0656 e. The van der Waals surface area contributed by atoms with Gasteiger partial charge < -0.3 is 9.80 Å². The molecule has 0 radical (unpaired) electrons. The van der Waals surface area contributed by atoms with Gasteiger partial charge in [-0.05, 0) is 108 Å². The molecule has 0 aromatic heterocycles. The highest BCUT2D eigenvalue weighted by molar-refractivity contribution is 9.10. The molecule has 0 N–H and O–H groups in total. The van der Waals surface area contributed by atoms with Crippen molar-refractivity contribution < 1.29 is 0 Å². The molecule has 9 aromatic rings. The van der Waals surface area contributed by atoms with Crippen LogP contribution in [0.25, 0.3) is 43.1 Å². The van der Waals surface area contributed by atoms with E-state index < -0.39 is 0 Å². The van der Waals surface area contributed by atoms with E-state index >= 15 is 0 Å². The molecule has 0 saturated heterocycles. The molecule has 9 aromatic carbocycles. The molecule has 0 atom stereocenters. The molecule has 0 unspecified atom stereocenters. The molecule has 232 valence electrons. The number of hydrogen-bond acceptors (Lipinski definition) is 2. The lowest BCUT2D eigenvalue weighted by Crippen LogP contribution is -2.15. The largest absolute Gasteiger partial charge is 0.309 e. The summed E-state index contributed by atoms with van der Waals surface area (Å²) in [7, 11) is 0. The van der Waals surface area contributed by atoms with Crippen molar-refractivity contribution in [2.45, 2.75) is 0 Å². The number of anilines is 6. The fourth-order valence-corrected chi connectivity index (χ4v) is 7.66. The van der Waals surface area contributed by atoms with E-state index in [2.05, 4.69) is 214 Å². The summed E-state index contributed by atoms with van der Waals surface area (Å²) in [6, 6.07) is 67.6. The van der Waals surface area contributed by atoms with E-state index in [9.17, 15) is 0 Å². The minimum atomic E-state index is 0.998. The minimum Gasteiger partial charge on any atom is -0.309 e. The summed E-state index contributed by atoms with van der Waals surface area (Å²) in [5, 5.41) is 9.65. The zero-order valence-corrected chi connectivity index (χ0v) is 28.3. The third-order valence-corrected chi connectivity index (χ3v) is 10.2. The Bertz CT molecular complexity index is 2580. The number of rotatable bonds is 6. The fraction of sp³-hybridized carbons (Fsp3) is 0. The van der Waals surface area contributed by atoms with Gasteiger partial charge in [0.1, 0.15) is 0 Å². The van der Waals surface area contributed by atoms with Gasteiger partial charge in [-0.3, -0.25) is 0 Å². The first-order valence-electron chi connectivity index (χ1n) is 16.5. The van der Waals surface area contributed by atoms with Crippen LogP contribution < -0.4 is 9.80 Å². The molecule has 0 heterocycles. The normalized spacial score (nSPS) is 11.4. The number of halogens is 1. The zero-order chi connectivity index (χ0) is 32.7. The molecule has 0 amide bonds. The van der Waals surface area contributed by atoms with Gasteiger partial charge in [0.15, 0.2) is 0 Å². The predicted molar refractivity (Wildman–Crippen MR) is 214 cm³/mol. The third kappa shape index (κ3) is 5.29. The van der Waals surface area contributed by atoms with Crippen LogP contribution in [0.5, 0.6) is 0 Å². The highest BCUT2D eigenvalue weighted by atomic mass is 79.9. The van der Waals surface area contributed by atoms with Gasteiger partial charge in [0, 0.05) is 22.4 Å². The predicted octanol–water partition coefficient (Wildman–Crippen LogP) is 14.0. The molecule has 0 aliphatic rings. The number of nitrogens with zero attached hydrogens (tertiary/aromatic N) is 2. The molecule has 0 spiro atoms. The van der Waals surface area contributed by atoms with Gasteiger partial charge >= 0.3 is 0 Å². The summed E-state index contributed by atoms with van der Waals surface area (Å²) in [6.45, 7) is 0. The highest BCUT2D eigenvalue weighted by Crippen LogP contribution is 2.48. The van der Waals surface area contributed by atoms with Crippen molar-refractivity contribution in [1.82, 2.24) is 0 Å². The van der Waals surface area contributed by atoms with E-state index in [0.29, 0.717) is 0 Å². The van der Waals surface area contributed by atoms with Crippen LogP contribution >= 0.6 is 15.9 Å². The number of fused-ring (bicyclic) bond motifs is 4. The van der Waals surface area contributed by atoms with Crippen LogP contribution in [0.15, 0.2) is 193 Å². The van der Waals surface area contributed by atoms with Crippen LogP contribution in [0, 0.1) is 0 Å². The Labute approximate surface area is 294 Å². The van der Waals surface area contributed by atoms with E-state index in [0.717, 1.165) is 38.6 Å². The fourth-order valence-electron chi connectivity index (χ4n) is 7.04. The lowest BCUT2D eigenvalue weighted by atomic mass is 10.0. The highest BCUT2D eigenvalue weighted by Gasteiger charge is 2.23. The van der Waals surface area contributed by atoms with Crippen molar-refractivity contribution in [2.75, 3.05) is 9.80 Å². The van der Waals surface area contributed by atoms with E-state index in [-0.39, 0.29) is 0 Å². The van der Waals surface area contributed by atoms with Gasteiger partial charge in [0.05, 0.1) is 21.5 Å². The van der Waals surface area contributed by atoms with E-state index in [1.165, 1.54) is 43.1 Å².